The van der Waals surface area contributed by atoms with Gasteiger partial charge < -0.3 is 25.8 Å². The zero-order valence-electron chi connectivity index (χ0n) is 23.5. The van der Waals surface area contributed by atoms with Crippen LogP contribution in [-0.4, -0.2) is 36.2 Å². The molecular formula is C32H37N3O5. The first-order chi connectivity index (χ1) is 19.1. The smallest absolute Gasteiger partial charge is 0.326 e. The third-order valence-corrected chi connectivity index (χ3v) is 7.87. The number of carboxylic acid groups (broad SMARTS) is 1. The monoisotopic (exact) mass is 543 g/mol. The van der Waals surface area contributed by atoms with Gasteiger partial charge in [-0.1, -0.05) is 62.6 Å². The fraction of sp³-hybridized carbons (Fsp3) is 0.344. The first kappa shape index (κ1) is 28.7. The Balaban J connectivity index is 1.67. The lowest BCUT2D eigenvalue weighted by atomic mass is 9.70. The number of para-hydroxylation sites is 1. The van der Waals surface area contributed by atoms with Crippen molar-refractivity contribution in [3.63, 3.8) is 0 Å². The molecule has 1 aliphatic rings. The summed E-state index contributed by atoms with van der Waals surface area (Å²) in [5.74, 6) is -0.903. The summed E-state index contributed by atoms with van der Waals surface area (Å²) in [7, 11) is 1.59. The lowest BCUT2D eigenvalue weighted by molar-refractivity contribution is -0.143. The van der Waals surface area contributed by atoms with E-state index in [2.05, 4.69) is 16.0 Å². The Labute approximate surface area is 235 Å². The Morgan fingerprint density at radius 2 is 1.50 bits per heavy atom. The highest BCUT2D eigenvalue weighted by Gasteiger charge is 2.41. The van der Waals surface area contributed by atoms with Crippen molar-refractivity contribution < 1.29 is 24.2 Å². The molecule has 0 spiro atoms. The summed E-state index contributed by atoms with van der Waals surface area (Å²) in [5.41, 5.74) is 4.05. The minimum atomic E-state index is -1.06. The standard InChI is InChI=1S/C32H37N3O5/c1-20-9-8-10-21(2)27(20)34-31(39)33-26-19-23(22-11-14-24(40-4)15-12-22)13-16-25(26)29(36)35-28(30(37)38)32(3)17-6-5-7-18-32/h8-16,19,28H,5-7,17-18H2,1-4H3,(H,35,36)(H,37,38)(H2,33,34,39)/t28-/m1/s1. The van der Waals surface area contributed by atoms with Crippen LogP contribution in [0.5, 0.6) is 5.75 Å². The number of nitrogens with one attached hydrogen (secondary N) is 3. The number of urea groups is 1. The van der Waals surface area contributed by atoms with Crippen LogP contribution < -0.4 is 20.7 Å². The van der Waals surface area contributed by atoms with Crippen LogP contribution in [0.1, 0.15) is 60.5 Å². The summed E-state index contributed by atoms with van der Waals surface area (Å²) >= 11 is 0. The maximum Gasteiger partial charge on any atom is 0.326 e. The van der Waals surface area contributed by atoms with E-state index in [9.17, 15) is 19.5 Å². The molecule has 0 bridgehead atoms. The molecule has 4 rings (SSSR count). The van der Waals surface area contributed by atoms with Gasteiger partial charge in [-0.2, -0.15) is 0 Å². The van der Waals surface area contributed by atoms with Gasteiger partial charge >= 0.3 is 12.0 Å². The molecule has 1 saturated carbocycles. The number of ether oxygens (including phenoxy) is 1. The second-order valence-corrected chi connectivity index (χ2v) is 10.8. The molecular weight excluding hydrogens is 506 g/mol. The molecule has 3 aromatic carbocycles. The highest BCUT2D eigenvalue weighted by molar-refractivity contribution is 6.08. The van der Waals surface area contributed by atoms with E-state index in [-0.39, 0.29) is 11.3 Å². The van der Waals surface area contributed by atoms with Crippen LogP contribution in [0.15, 0.2) is 60.7 Å². The molecule has 0 unspecified atom stereocenters. The van der Waals surface area contributed by atoms with Crippen LogP contribution in [-0.2, 0) is 4.79 Å². The lowest BCUT2D eigenvalue weighted by Crippen LogP contribution is -2.52. The molecule has 0 radical (unpaired) electrons. The van der Waals surface area contributed by atoms with Crippen molar-refractivity contribution in [3.8, 4) is 16.9 Å². The van der Waals surface area contributed by atoms with Crippen LogP contribution in [0.3, 0.4) is 0 Å². The molecule has 1 fully saturated rings. The fourth-order valence-corrected chi connectivity index (χ4v) is 5.48. The Bertz CT molecular complexity index is 1370. The minimum Gasteiger partial charge on any atom is -0.497 e. The predicted octanol–water partition coefficient (Wildman–Crippen LogP) is 6.78. The molecule has 0 heterocycles. The minimum absolute atomic E-state index is 0.180. The first-order valence-electron chi connectivity index (χ1n) is 13.6. The van der Waals surface area contributed by atoms with Crippen LogP contribution in [0.4, 0.5) is 16.2 Å². The van der Waals surface area contributed by atoms with E-state index < -0.39 is 29.4 Å². The maximum atomic E-state index is 13.6. The van der Waals surface area contributed by atoms with Crippen LogP contribution in [0.25, 0.3) is 11.1 Å². The third kappa shape index (κ3) is 6.45. The molecule has 0 aliphatic heterocycles. The molecule has 1 atom stereocenters. The summed E-state index contributed by atoms with van der Waals surface area (Å²) in [6.07, 6.45) is 4.37. The number of hydrogen-bond donors (Lipinski definition) is 4. The van der Waals surface area contributed by atoms with E-state index in [0.717, 1.165) is 54.4 Å². The number of benzene rings is 3. The zero-order valence-corrected chi connectivity index (χ0v) is 23.5. The second-order valence-electron chi connectivity index (χ2n) is 10.8. The number of methoxy groups -OCH3 is 1. The summed E-state index contributed by atoms with van der Waals surface area (Å²) in [6, 6.07) is 16.7. The van der Waals surface area contributed by atoms with Gasteiger partial charge in [0.05, 0.1) is 18.4 Å². The Morgan fingerprint density at radius 3 is 2.10 bits per heavy atom. The second kappa shape index (κ2) is 12.2. The highest BCUT2D eigenvalue weighted by Crippen LogP contribution is 2.39. The quantitative estimate of drug-likeness (QED) is 0.250. The molecule has 8 heteroatoms. The van der Waals surface area contributed by atoms with Crippen molar-refractivity contribution >= 4 is 29.3 Å². The number of hydrogen-bond acceptors (Lipinski definition) is 4. The van der Waals surface area contributed by atoms with Gasteiger partial charge in [0, 0.05) is 5.69 Å². The van der Waals surface area contributed by atoms with E-state index in [0.29, 0.717) is 11.4 Å². The Kier molecular flexibility index (Phi) is 8.77. The van der Waals surface area contributed by atoms with Gasteiger partial charge in [0.25, 0.3) is 5.91 Å². The molecule has 1 aliphatic carbocycles. The number of anilines is 2. The molecule has 210 valence electrons. The van der Waals surface area contributed by atoms with Crippen LogP contribution in [0, 0.1) is 19.3 Å². The van der Waals surface area contributed by atoms with E-state index in [1.807, 2.05) is 63.2 Å². The van der Waals surface area contributed by atoms with Crippen LogP contribution in [0.2, 0.25) is 0 Å². The van der Waals surface area contributed by atoms with Crippen molar-refractivity contribution in [2.75, 3.05) is 17.7 Å². The molecule has 8 nitrogen and oxygen atoms in total. The van der Waals surface area contributed by atoms with Gasteiger partial charge in [-0.05, 0) is 78.6 Å². The predicted molar refractivity (Wildman–Crippen MR) is 157 cm³/mol. The number of carbonyl (C=O) groups excluding carboxylic acids is 2. The van der Waals surface area contributed by atoms with Gasteiger partial charge in [-0.25, -0.2) is 9.59 Å². The summed E-state index contributed by atoms with van der Waals surface area (Å²) in [5, 5.41) is 18.5. The average molecular weight is 544 g/mol. The molecule has 3 amide bonds. The highest BCUT2D eigenvalue weighted by atomic mass is 16.5. The number of carbonyl (C=O) groups is 3. The van der Waals surface area contributed by atoms with Crippen molar-refractivity contribution in [2.24, 2.45) is 5.41 Å². The van der Waals surface area contributed by atoms with E-state index in [1.165, 1.54) is 0 Å². The summed E-state index contributed by atoms with van der Waals surface area (Å²) in [6.45, 7) is 5.74. The number of rotatable bonds is 8. The van der Waals surface area contributed by atoms with Gasteiger partial charge in [-0.3, -0.25) is 4.79 Å². The number of carboxylic acids is 1. The number of amides is 3. The zero-order chi connectivity index (χ0) is 28.9. The van der Waals surface area contributed by atoms with Gasteiger partial charge in [-0.15, -0.1) is 0 Å². The first-order valence-corrected chi connectivity index (χ1v) is 13.6. The number of aliphatic carboxylic acids is 1. The van der Waals surface area contributed by atoms with Crippen molar-refractivity contribution in [2.45, 2.75) is 58.9 Å². The largest absolute Gasteiger partial charge is 0.497 e. The molecule has 0 saturated heterocycles. The Morgan fingerprint density at radius 1 is 0.875 bits per heavy atom. The fourth-order valence-electron chi connectivity index (χ4n) is 5.48. The van der Waals surface area contributed by atoms with E-state index in [4.69, 9.17) is 4.74 Å². The van der Waals surface area contributed by atoms with Gasteiger partial charge in [0.15, 0.2) is 0 Å². The normalized spacial score (nSPS) is 15.0. The van der Waals surface area contributed by atoms with Crippen LogP contribution >= 0.6 is 0 Å². The Hall–Kier alpha value is -4.33. The van der Waals surface area contributed by atoms with Gasteiger partial charge in [0.2, 0.25) is 0 Å². The van der Waals surface area contributed by atoms with Crippen molar-refractivity contribution in [1.82, 2.24) is 5.32 Å². The SMILES string of the molecule is COc1ccc(-c2ccc(C(=O)N[C@H](C(=O)O)C3(C)CCCCC3)c(NC(=O)Nc3c(C)cccc3C)c2)cc1. The third-order valence-electron chi connectivity index (χ3n) is 7.87. The van der Waals surface area contributed by atoms with Crippen molar-refractivity contribution in [1.29, 1.82) is 0 Å². The molecule has 4 N–H and O–H groups in total. The average Bonchev–Trinajstić information content (AvgIpc) is 2.94. The molecule has 3 aromatic rings. The van der Waals surface area contributed by atoms with E-state index in [1.54, 1.807) is 25.3 Å². The topological polar surface area (TPSA) is 117 Å². The van der Waals surface area contributed by atoms with Crippen molar-refractivity contribution in [3.05, 3.63) is 77.4 Å². The molecule has 0 aromatic heterocycles. The van der Waals surface area contributed by atoms with Gasteiger partial charge in [0.1, 0.15) is 11.8 Å². The summed E-state index contributed by atoms with van der Waals surface area (Å²) < 4.78 is 5.26. The molecule has 40 heavy (non-hydrogen) atoms. The summed E-state index contributed by atoms with van der Waals surface area (Å²) in [4.78, 5) is 39.0. The lowest BCUT2D eigenvalue weighted by Gasteiger charge is -2.38. The maximum absolute atomic E-state index is 13.6. The number of aryl methyl sites for hydroxylation is 2. The van der Waals surface area contributed by atoms with E-state index >= 15 is 0 Å².